The van der Waals surface area contributed by atoms with Gasteiger partial charge in [0.2, 0.25) is 0 Å². The molecule has 0 saturated heterocycles. The molecule has 2 rings (SSSR count). The van der Waals surface area contributed by atoms with Gasteiger partial charge in [0.1, 0.15) is 0 Å². The fourth-order valence-corrected chi connectivity index (χ4v) is 2.81. The second kappa shape index (κ2) is 6.72. The molecule has 0 spiro atoms. The summed E-state index contributed by atoms with van der Waals surface area (Å²) in [5.41, 5.74) is 1.67. The van der Waals surface area contributed by atoms with Gasteiger partial charge < -0.3 is 4.90 Å². The number of rotatable bonds is 5. The Morgan fingerprint density at radius 2 is 2.21 bits per heavy atom. The topological polar surface area (TPSA) is 27.0 Å². The van der Waals surface area contributed by atoms with Crippen LogP contribution in [0.3, 0.4) is 0 Å². The largest absolute Gasteiger partial charge is 0.302 e. The lowest BCUT2D eigenvalue weighted by atomic mass is 10.1. The number of nitrogens with zero attached hydrogens (tertiary/aromatic N) is 2. The molecule has 0 aliphatic carbocycles. The summed E-state index contributed by atoms with van der Waals surface area (Å²) in [4.78, 5) is 3.64. The van der Waals surface area contributed by atoms with Crippen molar-refractivity contribution in [3.05, 3.63) is 56.7 Å². The van der Waals surface area contributed by atoms with Gasteiger partial charge in [0.15, 0.2) is 0 Å². The molecule has 0 amide bonds. The number of benzene rings is 1. The first-order valence-corrected chi connectivity index (χ1v) is 7.34. The van der Waals surface area contributed by atoms with Gasteiger partial charge in [-0.3, -0.25) is 0 Å². The van der Waals surface area contributed by atoms with Gasteiger partial charge in [0.25, 0.3) is 0 Å². The maximum Gasteiger partial charge on any atom is 0.0992 e. The molecule has 0 radical (unpaired) electrons. The third-order valence-electron chi connectivity index (χ3n) is 2.94. The van der Waals surface area contributed by atoms with Gasteiger partial charge in [-0.25, -0.2) is 0 Å². The van der Waals surface area contributed by atoms with Gasteiger partial charge in [-0.1, -0.05) is 23.7 Å². The highest BCUT2D eigenvalue weighted by Crippen LogP contribution is 2.19. The lowest BCUT2D eigenvalue weighted by molar-refractivity contribution is 0.332. The third kappa shape index (κ3) is 4.07. The summed E-state index contributed by atoms with van der Waals surface area (Å²) in [5.74, 6) is 0. The van der Waals surface area contributed by atoms with Crippen LogP contribution in [0.2, 0.25) is 5.02 Å². The molecule has 0 aliphatic rings. The minimum atomic E-state index is 0.606. The minimum absolute atomic E-state index is 0.606. The second-order valence-electron chi connectivity index (χ2n) is 4.49. The Hall–Kier alpha value is -1.34. The number of thiophene rings is 1. The molecule has 0 fully saturated rings. The Morgan fingerprint density at radius 1 is 1.37 bits per heavy atom. The normalized spacial score (nSPS) is 10.6. The number of hydrogen-bond acceptors (Lipinski definition) is 3. The van der Waals surface area contributed by atoms with E-state index in [9.17, 15) is 0 Å². The van der Waals surface area contributed by atoms with E-state index in [-0.39, 0.29) is 0 Å². The summed E-state index contributed by atoms with van der Waals surface area (Å²) in [6, 6.07) is 11.8. The van der Waals surface area contributed by atoms with Gasteiger partial charge in [-0.2, -0.15) is 5.26 Å². The van der Waals surface area contributed by atoms with Gasteiger partial charge in [-0.05, 0) is 42.6 Å². The number of halogens is 1. The minimum Gasteiger partial charge on any atom is -0.302 e. The molecule has 2 aromatic rings. The molecule has 2 nitrogen and oxygen atoms in total. The first kappa shape index (κ1) is 14.1. The van der Waals surface area contributed by atoms with Crippen molar-refractivity contribution in [2.24, 2.45) is 0 Å². The lowest BCUT2D eigenvalue weighted by Gasteiger charge is -2.17. The van der Waals surface area contributed by atoms with Crippen LogP contribution in [0.5, 0.6) is 0 Å². The highest BCUT2D eigenvalue weighted by molar-refractivity contribution is 7.09. The van der Waals surface area contributed by atoms with Crippen LogP contribution in [0.4, 0.5) is 0 Å². The van der Waals surface area contributed by atoms with Crippen LogP contribution < -0.4 is 0 Å². The smallest absolute Gasteiger partial charge is 0.0992 e. The lowest BCUT2D eigenvalue weighted by Crippen LogP contribution is -2.20. The average molecular weight is 291 g/mol. The van der Waals surface area contributed by atoms with Crippen molar-refractivity contribution in [3.63, 3.8) is 0 Å². The van der Waals surface area contributed by atoms with Crippen molar-refractivity contribution >= 4 is 22.9 Å². The fourth-order valence-electron chi connectivity index (χ4n) is 1.87. The van der Waals surface area contributed by atoms with E-state index >= 15 is 0 Å². The van der Waals surface area contributed by atoms with E-state index in [1.54, 1.807) is 17.4 Å². The number of likely N-dealkylation sites (N-methyl/N-ethyl adjacent to an activating group) is 1. The molecule has 98 valence electrons. The fraction of sp³-hybridized carbons (Fsp3) is 0.267. The van der Waals surface area contributed by atoms with Crippen molar-refractivity contribution in [3.8, 4) is 6.07 Å². The molecule has 0 unspecified atom stereocenters. The molecule has 19 heavy (non-hydrogen) atoms. The van der Waals surface area contributed by atoms with Crippen molar-refractivity contribution in [2.75, 3.05) is 13.6 Å². The molecular formula is C15H15ClN2S. The van der Waals surface area contributed by atoms with Crippen LogP contribution >= 0.6 is 22.9 Å². The molecular weight excluding hydrogens is 276 g/mol. The SMILES string of the molecule is CN(CCc1cccs1)Cc1ccc(C#N)cc1Cl. The average Bonchev–Trinajstić information content (AvgIpc) is 2.92. The second-order valence-corrected chi connectivity index (χ2v) is 5.92. The van der Waals surface area contributed by atoms with Gasteiger partial charge in [0, 0.05) is 23.0 Å². The van der Waals surface area contributed by atoms with Crippen LogP contribution in [0.1, 0.15) is 16.0 Å². The maximum atomic E-state index is 8.81. The Labute approximate surface area is 122 Å². The molecule has 1 heterocycles. The van der Waals surface area contributed by atoms with E-state index in [0.29, 0.717) is 10.6 Å². The zero-order valence-corrected chi connectivity index (χ0v) is 12.3. The summed E-state index contributed by atoms with van der Waals surface area (Å²) >= 11 is 7.97. The molecule has 1 aromatic carbocycles. The van der Waals surface area contributed by atoms with Crippen LogP contribution in [0.25, 0.3) is 0 Å². The van der Waals surface area contributed by atoms with Crippen molar-refractivity contribution in [2.45, 2.75) is 13.0 Å². The Balaban J connectivity index is 1.91. The Kier molecular flexibility index (Phi) is 4.98. The summed E-state index contributed by atoms with van der Waals surface area (Å²) < 4.78 is 0. The molecule has 0 N–H and O–H groups in total. The zero-order chi connectivity index (χ0) is 13.7. The first-order valence-electron chi connectivity index (χ1n) is 6.08. The summed E-state index contributed by atoms with van der Waals surface area (Å²) in [6.07, 6.45) is 1.06. The third-order valence-corrected chi connectivity index (χ3v) is 4.23. The Morgan fingerprint density at radius 3 is 2.84 bits per heavy atom. The molecule has 0 atom stereocenters. The van der Waals surface area contributed by atoms with Crippen LogP contribution in [0, 0.1) is 11.3 Å². The molecule has 0 aliphatic heterocycles. The quantitative estimate of drug-likeness (QED) is 0.834. The zero-order valence-electron chi connectivity index (χ0n) is 10.8. The van der Waals surface area contributed by atoms with E-state index in [0.717, 1.165) is 25.1 Å². The molecule has 0 bridgehead atoms. The van der Waals surface area contributed by atoms with Crippen molar-refractivity contribution in [1.82, 2.24) is 4.90 Å². The Bertz CT molecular complexity index is 572. The molecule has 0 saturated carbocycles. The maximum absolute atomic E-state index is 8.81. The van der Waals surface area contributed by atoms with Crippen LogP contribution in [0.15, 0.2) is 35.7 Å². The van der Waals surface area contributed by atoms with Crippen molar-refractivity contribution < 1.29 is 0 Å². The highest BCUT2D eigenvalue weighted by Gasteiger charge is 2.06. The van der Waals surface area contributed by atoms with Gasteiger partial charge in [-0.15, -0.1) is 11.3 Å². The standard InChI is InChI=1S/C15H15ClN2S/c1-18(7-6-14-3-2-8-19-14)11-13-5-4-12(10-17)9-15(13)16/h2-5,8-9H,6-7,11H2,1H3. The molecule has 1 aromatic heterocycles. The van der Waals surface area contributed by atoms with E-state index < -0.39 is 0 Å². The van der Waals surface area contributed by atoms with E-state index in [1.807, 2.05) is 12.1 Å². The van der Waals surface area contributed by atoms with Crippen molar-refractivity contribution in [1.29, 1.82) is 5.26 Å². The monoisotopic (exact) mass is 290 g/mol. The van der Waals surface area contributed by atoms with Crippen LogP contribution in [-0.2, 0) is 13.0 Å². The van der Waals surface area contributed by atoms with Gasteiger partial charge in [0.05, 0.1) is 11.6 Å². The predicted octanol–water partition coefficient (Wildman–Crippen LogP) is 3.95. The van der Waals surface area contributed by atoms with E-state index in [4.69, 9.17) is 16.9 Å². The predicted molar refractivity (Wildman–Crippen MR) is 80.5 cm³/mol. The number of hydrogen-bond donors (Lipinski definition) is 0. The van der Waals surface area contributed by atoms with Gasteiger partial charge >= 0.3 is 0 Å². The summed E-state index contributed by atoms with van der Waals surface area (Å²) in [5, 5.41) is 11.6. The summed E-state index contributed by atoms with van der Waals surface area (Å²) in [6.45, 7) is 1.80. The van der Waals surface area contributed by atoms with Crippen LogP contribution in [-0.4, -0.2) is 18.5 Å². The molecule has 4 heteroatoms. The van der Waals surface area contributed by atoms with E-state index in [1.165, 1.54) is 4.88 Å². The summed E-state index contributed by atoms with van der Waals surface area (Å²) in [7, 11) is 2.09. The van der Waals surface area contributed by atoms with E-state index in [2.05, 4.69) is 35.5 Å². The highest BCUT2D eigenvalue weighted by atomic mass is 35.5. The number of nitriles is 1. The first-order chi connectivity index (χ1) is 9.19.